The maximum Gasteiger partial charge on any atom is 0.180 e. The fraction of sp³-hybridized carbons (Fsp3) is 0.167. The van der Waals surface area contributed by atoms with Crippen LogP contribution in [0.15, 0.2) is 42.5 Å². The van der Waals surface area contributed by atoms with Gasteiger partial charge in [-0.15, -0.1) is 11.6 Å². The Kier molecular flexibility index (Phi) is 3.56. The van der Waals surface area contributed by atoms with E-state index >= 15 is 0 Å². The molecular formula is C18H16ClNO. The van der Waals surface area contributed by atoms with E-state index in [1.165, 1.54) is 11.1 Å². The van der Waals surface area contributed by atoms with Crippen LogP contribution in [-0.4, -0.2) is 16.6 Å². The van der Waals surface area contributed by atoms with Gasteiger partial charge in [-0.25, -0.2) is 0 Å². The molecule has 2 aromatic carbocycles. The number of aryl methyl sites for hydroxylation is 2. The molecule has 0 radical (unpaired) electrons. The number of halogens is 1. The fourth-order valence-corrected chi connectivity index (χ4v) is 2.75. The highest BCUT2D eigenvalue weighted by Gasteiger charge is 2.18. The monoisotopic (exact) mass is 297 g/mol. The number of fused-ring (bicyclic) bond motifs is 1. The summed E-state index contributed by atoms with van der Waals surface area (Å²) in [4.78, 5) is 15.6. The lowest BCUT2D eigenvalue weighted by molar-refractivity contribution is 0.102. The predicted molar refractivity (Wildman–Crippen MR) is 88.3 cm³/mol. The normalized spacial score (nSPS) is 11.0. The van der Waals surface area contributed by atoms with Crippen molar-refractivity contribution in [1.29, 1.82) is 0 Å². The van der Waals surface area contributed by atoms with Crippen LogP contribution in [0.3, 0.4) is 0 Å². The third-order valence-corrected chi connectivity index (χ3v) is 4.14. The van der Waals surface area contributed by atoms with Crippen molar-refractivity contribution in [1.82, 2.24) is 4.98 Å². The van der Waals surface area contributed by atoms with Gasteiger partial charge in [-0.3, -0.25) is 4.79 Å². The van der Waals surface area contributed by atoms with E-state index < -0.39 is 0 Å². The van der Waals surface area contributed by atoms with Crippen LogP contribution in [0, 0.1) is 13.8 Å². The van der Waals surface area contributed by atoms with Crippen LogP contribution in [0.2, 0.25) is 0 Å². The van der Waals surface area contributed by atoms with Crippen LogP contribution < -0.4 is 0 Å². The highest BCUT2D eigenvalue weighted by Crippen LogP contribution is 2.31. The molecule has 1 N–H and O–H groups in total. The molecule has 0 aliphatic rings. The van der Waals surface area contributed by atoms with Gasteiger partial charge >= 0.3 is 0 Å². The number of hydrogen-bond donors (Lipinski definition) is 1. The number of ketones is 1. The summed E-state index contributed by atoms with van der Waals surface area (Å²) in [6.07, 6.45) is 0. The van der Waals surface area contributed by atoms with E-state index in [1.807, 2.05) is 30.3 Å². The molecule has 0 aliphatic heterocycles. The van der Waals surface area contributed by atoms with Crippen molar-refractivity contribution in [3.05, 3.63) is 59.2 Å². The number of hydrogen-bond acceptors (Lipinski definition) is 1. The molecule has 0 spiro atoms. The molecule has 0 saturated carbocycles. The van der Waals surface area contributed by atoms with E-state index in [-0.39, 0.29) is 11.7 Å². The topological polar surface area (TPSA) is 32.9 Å². The van der Waals surface area contributed by atoms with E-state index in [0.29, 0.717) is 5.56 Å². The Bertz CT molecular complexity index is 832. The van der Waals surface area contributed by atoms with E-state index in [0.717, 1.165) is 22.2 Å². The second-order valence-corrected chi connectivity index (χ2v) is 5.54. The van der Waals surface area contributed by atoms with Crippen molar-refractivity contribution in [2.24, 2.45) is 0 Å². The van der Waals surface area contributed by atoms with Crippen molar-refractivity contribution >= 4 is 28.3 Å². The summed E-state index contributed by atoms with van der Waals surface area (Å²) in [6, 6.07) is 14.0. The third kappa shape index (κ3) is 2.36. The van der Waals surface area contributed by atoms with Gasteiger partial charge in [0.2, 0.25) is 0 Å². The average Bonchev–Trinajstić information content (AvgIpc) is 2.88. The number of benzene rings is 2. The Labute approximate surface area is 128 Å². The maximum atomic E-state index is 12.3. The first-order valence-electron chi connectivity index (χ1n) is 6.89. The Morgan fingerprint density at radius 2 is 1.86 bits per heavy atom. The van der Waals surface area contributed by atoms with Gasteiger partial charge in [-0.1, -0.05) is 30.3 Å². The first-order chi connectivity index (χ1) is 10.1. The van der Waals surface area contributed by atoms with Crippen molar-refractivity contribution < 1.29 is 4.79 Å². The zero-order valence-electron chi connectivity index (χ0n) is 12.0. The minimum Gasteiger partial charge on any atom is -0.354 e. The number of aromatic amines is 1. The number of alkyl halides is 1. The number of aromatic nitrogens is 1. The molecule has 2 nitrogen and oxygen atoms in total. The van der Waals surface area contributed by atoms with Gasteiger partial charge < -0.3 is 4.98 Å². The van der Waals surface area contributed by atoms with E-state index in [1.54, 1.807) is 0 Å². The number of rotatable bonds is 3. The predicted octanol–water partition coefficient (Wildman–Crippen LogP) is 4.87. The van der Waals surface area contributed by atoms with Crippen molar-refractivity contribution in [3.8, 4) is 11.3 Å². The van der Waals surface area contributed by atoms with Gasteiger partial charge in [0, 0.05) is 10.9 Å². The van der Waals surface area contributed by atoms with E-state index in [9.17, 15) is 4.79 Å². The molecule has 3 heteroatoms. The number of carbonyl (C=O) groups excluding carboxylic acids is 1. The van der Waals surface area contributed by atoms with Crippen LogP contribution in [0.1, 0.15) is 21.5 Å². The first-order valence-corrected chi connectivity index (χ1v) is 7.42. The van der Waals surface area contributed by atoms with Crippen molar-refractivity contribution in [3.63, 3.8) is 0 Å². The quantitative estimate of drug-likeness (QED) is 0.543. The summed E-state index contributed by atoms with van der Waals surface area (Å²) in [6.45, 7) is 4.15. The molecule has 0 saturated heterocycles. The molecule has 1 aromatic heterocycles. The molecule has 0 amide bonds. The minimum absolute atomic E-state index is 0.0142. The van der Waals surface area contributed by atoms with E-state index in [4.69, 9.17) is 11.6 Å². The molecule has 3 aromatic rings. The van der Waals surface area contributed by atoms with Gasteiger partial charge in [0.1, 0.15) is 0 Å². The van der Waals surface area contributed by atoms with Crippen molar-refractivity contribution in [2.45, 2.75) is 13.8 Å². The molecule has 106 valence electrons. The Balaban J connectivity index is 2.30. The highest BCUT2D eigenvalue weighted by atomic mass is 35.5. The smallest absolute Gasteiger partial charge is 0.180 e. The first kappa shape index (κ1) is 13.9. The van der Waals surface area contributed by atoms with Crippen molar-refractivity contribution in [2.75, 3.05) is 5.88 Å². The second-order valence-electron chi connectivity index (χ2n) is 5.28. The molecule has 0 fully saturated rings. The Morgan fingerprint density at radius 1 is 1.10 bits per heavy atom. The number of nitrogens with one attached hydrogen (secondary N) is 1. The summed E-state index contributed by atoms with van der Waals surface area (Å²) in [5, 5.41) is 0.927. The largest absolute Gasteiger partial charge is 0.354 e. The van der Waals surface area contributed by atoms with Gasteiger partial charge in [-0.05, 0) is 42.7 Å². The fourth-order valence-electron chi connectivity index (χ4n) is 2.61. The highest BCUT2D eigenvalue weighted by molar-refractivity contribution is 6.33. The maximum absolute atomic E-state index is 12.3. The van der Waals surface area contributed by atoms with Gasteiger partial charge in [0.25, 0.3) is 0 Å². The molecule has 0 bridgehead atoms. The molecule has 0 atom stereocenters. The molecule has 0 unspecified atom stereocenters. The van der Waals surface area contributed by atoms with Gasteiger partial charge in [-0.2, -0.15) is 0 Å². The molecule has 21 heavy (non-hydrogen) atoms. The Hall–Kier alpha value is -2.06. The number of Topliss-reactive ketones (excluding diaryl/α,β-unsaturated/α-hetero) is 1. The lowest BCUT2D eigenvalue weighted by Gasteiger charge is -2.06. The average molecular weight is 298 g/mol. The zero-order chi connectivity index (χ0) is 15.0. The molecule has 3 rings (SSSR count). The van der Waals surface area contributed by atoms with Crippen LogP contribution in [-0.2, 0) is 0 Å². The van der Waals surface area contributed by atoms with Crippen LogP contribution in [0.4, 0.5) is 0 Å². The number of para-hydroxylation sites is 1. The number of carbonyl (C=O) groups is 1. The summed E-state index contributed by atoms with van der Waals surface area (Å²) in [5.74, 6) is -0.0676. The van der Waals surface area contributed by atoms with Crippen LogP contribution in [0.25, 0.3) is 22.2 Å². The molecule has 1 heterocycles. The third-order valence-electron chi connectivity index (χ3n) is 3.90. The lowest BCUT2D eigenvalue weighted by atomic mass is 9.99. The lowest BCUT2D eigenvalue weighted by Crippen LogP contribution is -2.01. The minimum atomic E-state index is -0.0534. The molecule has 0 aliphatic carbocycles. The van der Waals surface area contributed by atoms with E-state index in [2.05, 4.69) is 31.0 Å². The zero-order valence-corrected chi connectivity index (χ0v) is 12.8. The Morgan fingerprint density at radius 3 is 2.57 bits per heavy atom. The summed E-state index contributed by atoms with van der Waals surface area (Å²) >= 11 is 5.80. The summed E-state index contributed by atoms with van der Waals surface area (Å²) in [7, 11) is 0. The van der Waals surface area contributed by atoms with Crippen LogP contribution in [0.5, 0.6) is 0 Å². The van der Waals surface area contributed by atoms with Gasteiger partial charge in [0.05, 0.1) is 17.1 Å². The second kappa shape index (κ2) is 5.38. The summed E-state index contributed by atoms with van der Waals surface area (Å²) in [5.41, 5.74) is 5.95. The standard InChI is InChI=1S/C18H16ClNO/c1-11-7-8-13(9-12(11)2)18-17(16(21)10-19)14-5-3-4-6-15(14)20-18/h3-9,20H,10H2,1-2H3. The van der Waals surface area contributed by atoms with Crippen LogP contribution >= 0.6 is 11.6 Å². The van der Waals surface area contributed by atoms with Gasteiger partial charge in [0.15, 0.2) is 5.78 Å². The SMILES string of the molecule is Cc1ccc(-c2[nH]c3ccccc3c2C(=O)CCl)cc1C. The number of H-pyrrole nitrogens is 1. The summed E-state index contributed by atoms with van der Waals surface area (Å²) < 4.78 is 0. The molecular weight excluding hydrogens is 282 g/mol.